The van der Waals surface area contributed by atoms with Gasteiger partial charge in [-0.1, -0.05) is 0 Å². The number of rotatable bonds is 4. The van der Waals surface area contributed by atoms with Crippen LogP contribution < -0.4 is 0 Å². The minimum atomic E-state index is 0.342. The van der Waals surface area contributed by atoms with Gasteiger partial charge >= 0.3 is 0 Å². The zero-order chi connectivity index (χ0) is 14.9. The summed E-state index contributed by atoms with van der Waals surface area (Å²) in [4.78, 5) is 2.58. The standard InChI is InChI=1S/C16H23N5O/c1-19-10-13(9-18-19)11-20-7-8-22-16-14(3-4-15(16)20)12-21-6-2-5-17-21/h2,5-6,9-10,14-16H,3-4,7-8,11-12H2,1H3/t14?,15-,16-/m0/s1. The van der Waals surface area contributed by atoms with Gasteiger partial charge in [0.2, 0.25) is 0 Å². The summed E-state index contributed by atoms with van der Waals surface area (Å²) in [6.45, 7) is 3.79. The van der Waals surface area contributed by atoms with Gasteiger partial charge in [0.05, 0.1) is 18.9 Å². The van der Waals surface area contributed by atoms with Crippen molar-refractivity contribution >= 4 is 0 Å². The monoisotopic (exact) mass is 301 g/mol. The molecule has 0 spiro atoms. The third kappa shape index (κ3) is 2.68. The molecule has 0 amide bonds. The lowest BCUT2D eigenvalue weighted by molar-refractivity contribution is -0.0789. The average Bonchev–Trinajstić information content (AvgIpc) is 3.23. The van der Waals surface area contributed by atoms with Gasteiger partial charge in [0.1, 0.15) is 0 Å². The fraction of sp³-hybridized carbons (Fsp3) is 0.625. The van der Waals surface area contributed by atoms with Crippen molar-refractivity contribution in [2.75, 3.05) is 13.2 Å². The molecule has 0 aromatic carbocycles. The lowest BCUT2D eigenvalue weighted by Crippen LogP contribution is -2.50. The lowest BCUT2D eigenvalue weighted by atomic mass is 10.0. The van der Waals surface area contributed by atoms with E-state index >= 15 is 0 Å². The number of aryl methyl sites for hydroxylation is 1. The minimum absolute atomic E-state index is 0.342. The number of hydrogen-bond donors (Lipinski definition) is 0. The maximum Gasteiger partial charge on any atom is 0.0776 e. The maximum absolute atomic E-state index is 6.13. The molecule has 1 unspecified atom stereocenters. The molecular formula is C16H23N5O. The van der Waals surface area contributed by atoms with Crippen LogP contribution in [0.5, 0.6) is 0 Å². The summed E-state index contributed by atoms with van der Waals surface area (Å²) in [7, 11) is 1.97. The Morgan fingerprint density at radius 3 is 3.05 bits per heavy atom. The summed E-state index contributed by atoms with van der Waals surface area (Å²) >= 11 is 0. The van der Waals surface area contributed by atoms with Gasteiger partial charge in [-0.15, -0.1) is 0 Å². The first-order valence-electron chi connectivity index (χ1n) is 8.10. The molecule has 118 valence electrons. The number of ether oxygens (including phenoxy) is 1. The third-order valence-corrected chi connectivity index (χ3v) is 4.96. The normalized spacial score (nSPS) is 28.9. The van der Waals surface area contributed by atoms with Crippen molar-refractivity contribution in [3.05, 3.63) is 36.4 Å². The Labute approximate surface area is 130 Å². The predicted octanol–water partition coefficient (Wildman–Crippen LogP) is 1.30. The van der Waals surface area contributed by atoms with Gasteiger partial charge in [-0.2, -0.15) is 10.2 Å². The largest absolute Gasteiger partial charge is 0.375 e. The smallest absolute Gasteiger partial charge is 0.0776 e. The lowest BCUT2D eigenvalue weighted by Gasteiger charge is -2.39. The van der Waals surface area contributed by atoms with E-state index in [1.165, 1.54) is 18.4 Å². The summed E-state index contributed by atoms with van der Waals surface area (Å²) < 4.78 is 10.0. The van der Waals surface area contributed by atoms with Crippen LogP contribution in [0.3, 0.4) is 0 Å². The number of fused-ring (bicyclic) bond motifs is 1. The Hall–Kier alpha value is -1.66. The number of morpholine rings is 1. The van der Waals surface area contributed by atoms with E-state index < -0.39 is 0 Å². The summed E-state index contributed by atoms with van der Waals surface area (Å²) in [5.41, 5.74) is 1.29. The highest BCUT2D eigenvalue weighted by Gasteiger charge is 2.42. The molecule has 2 fully saturated rings. The van der Waals surface area contributed by atoms with Crippen molar-refractivity contribution < 1.29 is 4.74 Å². The molecule has 2 aromatic rings. The molecule has 4 rings (SSSR count). The number of aromatic nitrogens is 4. The molecule has 2 aromatic heterocycles. The van der Waals surface area contributed by atoms with Crippen LogP contribution in [-0.2, 0) is 24.9 Å². The maximum atomic E-state index is 6.13. The van der Waals surface area contributed by atoms with Crippen LogP contribution in [0.15, 0.2) is 30.9 Å². The van der Waals surface area contributed by atoms with Gasteiger partial charge in [0.15, 0.2) is 0 Å². The molecule has 0 bridgehead atoms. The molecule has 1 saturated heterocycles. The van der Waals surface area contributed by atoms with Crippen LogP contribution >= 0.6 is 0 Å². The SMILES string of the molecule is Cn1cc(CN2CCO[C@H]3C(Cn4cccn4)CC[C@@H]32)cn1. The molecule has 22 heavy (non-hydrogen) atoms. The molecule has 3 heterocycles. The first-order chi connectivity index (χ1) is 10.8. The Bertz CT molecular complexity index is 608. The predicted molar refractivity (Wildman–Crippen MR) is 82.1 cm³/mol. The van der Waals surface area contributed by atoms with Gasteiger partial charge in [0.25, 0.3) is 0 Å². The summed E-state index contributed by atoms with van der Waals surface area (Å²) in [6, 6.07) is 2.53. The van der Waals surface area contributed by atoms with E-state index in [0.29, 0.717) is 18.1 Å². The second kappa shape index (κ2) is 5.85. The fourth-order valence-corrected chi connectivity index (χ4v) is 3.97. The minimum Gasteiger partial charge on any atom is -0.375 e. The fourth-order valence-electron chi connectivity index (χ4n) is 3.97. The molecule has 3 atom stereocenters. The van der Waals surface area contributed by atoms with Crippen molar-refractivity contribution in [3.8, 4) is 0 Å². The molecule has 1 aliphatic carbocycles. The molecule has 1 saturated carbocycles. The molecular weight excluding hydrogens is 278 g/mol. The first kappa shape index (κ1) is 14.0. The average molecular weight is 301 g/mol. The van der Waals surface area contributed by atoms with E-state index in [2.05, 4.69) is 21.3 Å². The molecule has 6 heteroatoms. The van der Waals surface area contributed by atoms with E-state index in [-0.39, 0.29) is 0 Å². The Morgan fingerprint density at radius 1 is 1.32 bits per heavy atom. The van der Waals surface area contributed by atoms with E-state index in [0.717, 1.165) is 26.2 Å². The molecule has 2 aliphatic rings. The van der Waals surface area contributed by atoms with Crippen LogP contribution in [0.4, 0.5) is 0 Å². The zero-order valence-electron chi connectivity index (χ0n) is 13.0. The van der Waals surface area contributed by atoms with Gasteiger partial charge in [-0.05, 0) is 18.9 Å². The number of nitrogens with zero attached hydrogens (tertiary/aromatic N) is 5. The molecule has 0 N–H and O–H groups in total. The first-order valence-corrected chi connectivity index (χ1v) is 8.10. The second-order valence-corrected chi connectivity index (χ2v) is 6.46. The van der Waals surface area contributed by atoms with Gasteiger partial charge in [-0.25, -0.2) is 0 Å². The molecule has 0 radical (unpaired) electrons. The van der Waals surface area contributed by atoms with Crippen LogP contribution in [0.25, 0.3) is 0 Å². The van der Waals surface area contributed by atoms with Crippen molar-refractivity contribution in [2.45, 2.75) is 38.1 Å². The van der Waals surface area contributed by atoms with Crippen LogP contribution in [0, 0.1) is 5.92 Å². The van der Waals surface area contributed by atoms with Crippen LogP contribution in [0.1, 0.15) is 18.4 Å². The van der Waals surface area contributed by atoms with E-state index in [1.54, 1.807) is 0 Å². The quantitative estimate of drug-likeness (QED) is 0.854. The second-order valence-electron chi connectivity index (χ2n) is 6.46. The summed E-state index contributed by atoms with van der Waals surface area (Å²) in [6.07, 6.45) is 10.8. The van der Waals surface area contributed by atoms with Gasteiger partial charge in [-0.3, -0.25) is 14.3 Å². The van der Waals surface area contributed by atoms with Crippen LogP contribution in [0.2, 0.25) is 0 Å². The zero-order valence-corrected chi connectivity index (χ0v) is 13.0. The van der Waals surface area contributed by atoms with Gasteiger partial charge in [0, 0.05) is 62.8 Å². The highest BCUT2D eigenvalue weighted by atomic mass is 16.5. The van der Waals surface area contributed by atoms with E-state index in [1.807, 2.05) is 41.1 Å². The van der Waals surface area contributed by atoms with Crippen molar-refractivity contribution in [3.63, 3.8) is 0 Å². The van der Waals surface area contributed by atoms with Crippen LogP contribution in [-0.4, -0.2) is 49.8 Å². The Balaban J connectivity index is 1.44. The highest BCUT2D eigenvalue weighted by Crippen LogP contribution is 2.36. The summed E-state index contributed by atoms with van der Waals surface area (Å²) in [5, 5.41) is 8.62. The van der Waals surface area contributed by atoms with E-state index in [4.69, 9.17) is 4.74 Å². The summed E-state index contributed by atoms with van der Waals surface area (Å²) in [5.74, 6) is 0.571. The van der Waals surface area contributed by atoms with Crippen molar-refractivity contribution in [1.29, 1.82) is 0 Å². The molecule has 6 nitrogen and oxygen atoms in total. The van der Waals surface area contributed by atoms with E-state index in [9.17, 15) is 0 Å². The topological polar surface area (TPSA) is 48.1 Å². The third-order valence-electron chi connectivity index (χ3n) is 4.96. The molecule has 1 aliphatic heterocycles. The Kier molecular flexibility index (Phi) is 3.72. The van der Waals surface area contributed by atoms with Crippen molar-refractivity contribution in [1.82, 2.24) is 24.5 Å². The number of hydrogen-bond acceptors (Lipinski definition) is 4. The highest BCUT2D eigenvalue weighted by molar-refractivity contribution is 5.05. The van der Waals surface area contributed by atoms with Crippen molar-refractivity contribution in [2.24, 2.45) is 13.0 Å². The Morgan fingerprint density at radius 2 is 2.27 bits per heavy atom. The van der Waals surface area contributed by atoms with Gasteiger partial charge < -0.3 is 4.74 Å².